The molecular formula is C15H17NO. The lowest BCUT2D eigenvalue weighted by molar-refractivity contribution is 0.0969. The standard InChI is InChI=1S/C15H17NO/c1-10(2)7-15(17)13-8-11-5-3-4-6-12(11)9-14(13)16/h3-6,8-10H,7,16H2,1-2H3. The number of nitrogens with two attached hydrogens (primary N) is 1. The van der Waals surface area contributed by atoms with Gasteiger partial charge in [0.15, 0.2) is 5.78 Å². The number of Topliss-reactive ketones (excluding diaryl/α,β-unsaturated/α-hetero) is 1. The highest BCUT2D eigenvalue weighted by molar-refractivity contribution is 6.05. The van der Waals surface area contributed by atoms with E-state index in [1.165, 1.54) is 0 Å². The van der Waals surface area contributed by atoms with Crippen LogP contribution in [-0.4, -0.2) is 5.78 Å². The van der Waals surface area contributed by atoms with Crippen LogP contribution in [0.2, 0.25) is 0 Å². The van der Waals surface area contributed by atoms with Gasteiger partial charge in [0.1, 0.15) is 0 Å². The van der Waals surface area contributed by atoms with Crippen molar-refractivity contribution in [2.75, 3.05) is 5.73 Å². The lowest BCUT2D eigenvalue weighted by Crippen LogP contribution is -2.06. The van der Waals surface area contributed by atoms with Gasteiger partial charge in [0.25, 0.3) is 0 Å². The number of ketones is 1. The highest BCUT2D eigenvalue weighted by Crippen LogP contribution is 2.23. The van der Waals surface area contributed by atoms with Gasteiger partial charge < -0.3 is 5.73 Å². The van der Waals surface area contributed by atoms with Crippen LogP contribution in [-0.2, 0) is 0 Å². The van der Waals surface area contributed by atoms with Crippen molar-refractivity contribution in [1.29, 1.82) is 0 Å². The Hall–Kier alpha value is -1.83. The lowest BCUT2D eigenvalue weighted by Gasteiger charge is -2.08. The fraction of sp³-hybridized carbons (Fsp3) is 0.267. The SMILES string of the molecule is CC(C)CC(=O)c1cc2ccccc2cc1N. The number of carbonyl (C=O) groups excluding carboxylic acids is 1. The van der Waals surface area contributed by atoms with Crippen LogP contribution in [0.1, 0.15) is 30.6 Å². The van der Waals surface area contributed by atoms with E-state index in [9.17, 15) is 4.79 Å². The topological polar surface area (TPSA) is 43.1 Å². The summed E-state index contributed by atoms with van der Waals surface area (Å²) in [6.07, 6.45) is 0.544. The normalized spacial score (nSPS) is 11.0. The second kappa shape index (κ2) is 4.58. The Bertz CT molecular complexity index is 558. The van der Waals surface area contributed by atoms with E-state index in [1.54, 1.807) is 0 Å². The Morgan fingerprint density at radius 3 is 2.35 bits per heavy atom. The number of benzene rings is 2. The molecule has 2 N–H and O–H groups in total. The number of nitrogen functional groups attached to an aromatic ring is 1. The van der Waals surface area contributed by atoms with E-state index in [1.807, 2.05) is 50.2 Å². The molecule has 0 aromatic heterocycles. The summed E-state index contributed by atoms with van der Waals surface area (Å²) in [5.41, 5.74) is 7.17. The van der Waals surface area contributed by atoms with Crippen molar-refractivity contribution >= 4 is 22.2 Å². The number of hydrogen-bond acceptors (Lipinski definition) is 2. The monoisotopic (exact) mass is 227 g/mol. The second-order valence-electron chi connectivity index (χ2n) is 4.81. The maximum Gasteiger partial charge on any atom is 0.165 e. The summed E-state index contributed by atoms with van der Waals surface area (Å²) in [4.78, 5) is 12.0. The van der Waals surface area contributed by atoms with E-state index >= 15 is 0 Å². The van der Waals surface area contributed by atoms with Crippen LogP contribution in [0.15, 0.2) is 36.4 Å². The molecule has 0 fully saturated rings. The van der Waals surface area contributed by atoms with Gasteiger partial charge in [0, 0.05) is 17.7 Å². The third-order valence-electron chi connectivity index (χ3n) is 2.81. The van der Waals surface area contributed by atoms with Crippen molar-refractivity contribution < 1.29 is 4.79 Å². The maximum absolute atomic E-state index is 12.0. The second-order valence-corrected chi connectivity index (χ2v) is 4.81. The van der Waals surface area contributed by atoms with Gasteiger partial charge in [0.05, 0.1) is 0 Å². The number of rotatable bonds is 3. The molecule has 2 aromatic rings. The van der Waals surface area contributed by atoms with Gasteiger partial charge >= 0.3 is 0 Å². The molecule has 0 saturated carbocycles. The van der Waals surface area contributed by atoms with Gasteiger partial charge in [-0.2, -0.15) is 0 Å². The zero-order valence-electron chi connectivity index (χ0n) is 10.2. The molecule has 2 nitrogen and oxygen atoms in total. The molecule has 0 spiro atoms. The average Bonchev–Trinajstić information content (AvgIpc) is 2.27. The largest absolute Gasteiger partial charge is 0.398 e. The summed E-state index contributed by atoms with van der Waals surface area (Å²) in [7, 11) is 0. The first-order chi connectivity index (χ1) is 8.08. The number of carbonyl (C=O) groups is 1. The van der Waals surface area contributed by atoms with Crippen LogP contribution in [0.5, 0.6) is 0 Å². The summed E-state index contributed by atoms with van der Waals surface area (Å²) in [5.74, 6) is 0.483. The van der Waals surface area contributed by atoms with Crippen LogP contribution in [0, 0.1) is 5.92 Å². The molecule has 0 heterocycles. The van der Waals surface area contributed by atoms with E-state index < -0.39 is 0 Å². The quantitative estimate of drug-likeness (QED) is 0.642. The Morgan fingerprint density at radius 2 is 1.76 bits per heavy atom. The number of hydrogen-bond donors (Lipinski definition) is 1. The van der Waals surface area contributed by atoms with E-state index in [0.717, 1.165) is 10.8 Å². The molecule has 17 heavy (non-hydrogen) atoms. The van der Waals surface area contributed by atoms with Gasteiger partial charge in [-0.25, -0.2) is 0 Å². The number of anilines is 1. The molecule has 0 saturated heterocycles. The molecular weight excluding hydrogens is 210 g/mol. The Balaban J connectivity index is 2.47. The molecule has 0 radical (unpaired) electrons. The summed E-state index contributed by atoms with van der Waals surface area (Å²) < 4.78 is 0. The fourth-order valence-electron chi connectivity index (χ4n) is 1.98. The van der Waals surface area contributed by atoms with Crippen LogP contribution in [0.3, 0.4) is 0 Å². The molecule has 2 rings (SSSR count). The summed E-state index contributed by atoms with van der Waals surface area (Å²) in [6, 6.07) is 11.7. The van der Waals surface area contributed by atoms with Crippen LogP contribution >= 0.6 is 0 Å². The van der Waals surface area contributed by atoms with Gasteiger partial charge in [-0.15, -0.1) is 0 Å². The van der Waals surface area contributed by atoms with E-state index in [0.29, 0.717) is 23.6 Å². The van der Waals surface area contributed by atoms with Crippen molar-refractivity contribution in [3.05, 3.63) is 42.0 Å². The van der Waals surface area contributed by atoms with Gasteiger partial charge in [-0.05, 0) is 28.8 Å². The molecule has 0 aliphatic rings. The maximum atomic E-state index is 12.0. The van der Waals surface area contributed by atoms with Crippen molar-refractivity contribution in [2.24, 2.45) is 5.92 Å². The Morgan fingerprint density at radius 1 is 1.18 bits per heavy atom. The fourth-order valence-corrected chi connectivity index (χ4v) is 1.98. The van der Waals surface area contributed by atoms with Crippen LogP contribution in [0.4, 0.5) is 5.69 Å². The molecule has 2 aromatic carbocycles. The Kier molecular flexibility index (Phi) is 3.14. The first-order valence-electron chi connectivity index (χ1n) is 5.89. The van der Waals surface area contributed by atoms with Crippen molar-refractivity contribution in [2.45, 2.75) is 20.3 Å². The van der Waals surface area contributed by atoms with E-state index in [4.69, 9.17) is 5.73 Å². The highest BCUT2D eigenvalue weighted by atomic mass is 16.1. The smallest absolute Gasteiger partial charge is 0.165 e. The third-order valence-corrected chi connectivity index (χ3v) is 2.81. The lowest BCUT2D eigenvalue weighted by atomic mass is 9.97. The van der Waals surface area contributed by atoms with Crippen LogP contribution in [0.25, 0.3) is 10.8 Å². The Labute approximate surface area is 101 Å². The molecule has 0 bridgehead atoms. The van der Waals surface area contributed by atoms with Crippen molar-refractivity contribution in [1.82, 2.24) is 0 Å². The van der Waals surface area contributed by atoms with Crippen molar-refractivity contribution in [3.8, 4) is 0 Å². The predicted octanol–water partition coefficient (Wildman–Crippen LogP) is 3.65. The molecule has 0 amide bonds. The minimum atomic E-state index is 0.128. The zero-order valence-corrected chi connectivity index (χ0v) is 10.2. The predicted molar refractivity (Wildman–Crippen MR) is 72.1 cm³/mol. The molecule has 0 aliphatic heterocycles. The van der Waals surface area contributed by atoms with Gasteiger partial charge in [0.2, 0.25) is 0 Å². The first kappa shape index (κ1) is 11.6. The minimum Gasteiger partial charge on any atom is -0.398 e. The highest BCUT2D eigenvalue weighted by Gasteiger charge is 2.12. The van der Waals surface area contributed by atoms with E-state index in [-0.39, 0.29) is 5.78 Å². The summed E-state index contributed by atoms with van der Waals surface area (Å²) in [5, 5.41) is 2.14. The van der Waals surface area contributed by atoms with Gasteiger partial charge in [-0.1, -0.05) is 38.1 Å². The summed E-state index contributed by atoms with van der Waals surface area (Å²) in [6.45, 7) is 4.07. The average molecular weight is 227 g/mol. The third kappa shape index (κ3) is 2.47. The molecule has 88 valence electrons. The van der Waals surface area contributed by atoms with Crippen molar-refractivity contribution in [3.63, 3.8) is 0 Å². The first-order valence-corrected chi connectivity index (χ1v) is 5.89. The van der Waals surface area contributed by atoms with E-state index in [2.05, 4.69) is 0 Å². The minimum absolute atomic E-state index is 0.128. The molecule has 0 unspecified atom stereocenters. The molecule has 2 heteroatoms. The summed E-state index contributed by atoms with van der Waals surface area (Å²) >= 11 is 0. The molecule has 0 atom stereocenters. The van der Waals surface area contributed by atoms with Gasteiger partial charge in [-0.3, -0.25) is 4.79 Å². The zero-order chi connectivity index (χ0) is 12.4. The molecule has 0 aliphatic carbocycles. The number of fused-ring (bicyclic) bond motifs is 1. The van der Waals surface area contributed by atoms with Crippen LogP contribution < -0.4 is 5.73 Å².